The summed E-state index contributed by atoms with van der Waals surface area (Å²) in [5, 5.41) is 12.2. The van der Waals surface area contributed by atoms with Crippen molar-refractivity contribution in [2.45, 2.75) is 6.10 Å². The molecule has 86 valence electrons. The van der Waals surface area contributed by atoms with Gasteiger partial charge in [0, 0.05) is 6.54 Å². The summed E-state index contributed by atoms with van der Waals surface area (Å²) < 4.78 is 13.3. The van der Waals surface area contributed by atoms with Gasteiger partial charge in [-0.25, -0.2) is 4.39 Å². The van der Waals surface area contributed by atoms with Crippen LogP contribution in [0.15, 0.2) is 35.3 Å². The molecule has 1 atom stereocenters. The first kappa shape index (κ1) is 12.9. The minimum atomic E-state index is -0.964. The monoisotopic (exact) mass is 287 g/mol. The van der Waals surface area contributed by atoms with E-state index in [1.54, 1.807) is 6.07 Å². The van der Waals surface area contributed by atoms with E-state index in [0.717, 1.165) is 6.08 Å². The predicted molar refractivity (Wildman–Crippen MR) is 62.3 cm³/mol. The summed E-state index contributed by atoms with van der Waals surface area (Å²) in [6.07, 6.45) is 0.141. The third kappa shape index (κ3) is 3.15. The van der Waals surface area contributed by atoms with Gasteiger partial charge in [0.05, 0.1) is 10.6 Å². The first-order valence-corrected chi connectivity index (χ1v) is 5.37. The van der Waals surface area contributed by atoms with E-state index in [1.165, 1.54) is 12.1 Å². The van der Waals surface area contributed by atoms with E-state index in [9.17, 15) is 14.3 Å². The fraction of sp³-hybridized carbons (Fsp3) is 0.182. The molecule has 0 saturated carbocycles. The van der Waals surface area contributed by atoms with Gasteiger partial charge in [0.15, 0.2) is 0 Å². The molecule has 1 amide bonds. The quantitative estimate of drug-likeness (QED) is 0.832. The number of nitrogens with one attached hydrogen (secondary N) is 1. The molecule has 0 heterocycles. The number of carbonyl (C=O) groups is 1. The number of hydrogen-bond donors (Lipinski definition) is 2. The van der Waals surface area contributed by atoms with Crippen LogP contribution in [0.25, 0.3) is 0 Å². The number of amides is 1. The lowest BCUT2D eigenvalue weighted by Gasteiger charge is -2.13. The number of halogens is 2. The molecular formula is C11H11BrFNO2. The zero-order chi connectivity index (χ0) is 12.1. The second-order valence-corrected chi connectivity index (χ2v) is 3.90. The van der Waals surface area contributed by atoms with Crippen LogP contribution in [-0.4, -0.2) is 17.6 Å². The molecule has 0 saturated heterocycles. The molecule has 16 heavy (non-hydrogen) atoms. The smallest absolute Gasteiger partial charge is 0.243 e. The molecule has 2 N–H and O–H groups in total. The number of aliphatic hydroxyl groups excluding tert-OH is 1. The summed E-state index contributed by atoms with van der Waals surface area (Å²) in [5.74, 6) is -0.835. The molecule has 1 aromatic rings. The topological polar surface area (TPSA) is 49.3 Å². The van der Waals surface area contributed by atoms with Crippen molar-refractivity contribution in [1.29, 1.82) is 0 Å². The highest BCUT2D eigenvalue weighted by Gasteiger charge is 2.14. The van der Waals surface area contributed by atoms with Gasteiger partial charge >= 0.3 is 0 Å². The van der Waals surface area contributed by atoms with Crippen LogP contribution in [0.3, 0.4) is 0 Å². The van der Waals surface area contributed by atoms with Crippen molar-refractivity contribution in [1.82, 2.24) is 5.32 Å². The molecule has 3 nitrogen and oxygen atoms in total. The van der Waals surface area contributed by atoms with Crippen molar-refractivity contribution in [3.05, 3.63) is 46.7 Å². The highest BCUT2D eigenvalue weighted by molar-refractivity contribution is 9.10. The van der Waals surface area contributed by atoms with Crippen LogP contribution in [0, 0.1) is 5.82 Å². The Morgan fingerprint density at radius 1 is 1.69 bits per heavy atom. The molecule has 1 unspecified atom stereocenters. The Bertz CT molecular complexity index is 409. The highest BCUT2D eigenvalue weighted by atomic mass is 79.9. The van der Waals surface area contributed by atoms with E-state index >= 15 is 0 Å². The second kappa shape index (κ2) is 5.77. The Hall–Kier alpha value is -1.20. The average molecular weight is 288 g/mol. The van der Waals surface area contributed by atoms with Crippen molar-refractivity contribution in [3.8, 4) is 0 Å². The third-order valence-corrected chi connectivity index (χ3v) is 2.83. The van der Waals surface area contributed by atoms with Gasteiger partial charge in [-0.2, -0.15) is 0 Å². The lowest BCUT2D eigenvalue weighted by Crippen LogP contribution is -2.26. The predicted octanol–water partition coefficient (Wildman–Crippen LogP) is 1.92. The van der Waals surface area contributed by atoms with Crippen LogP contribution in [0.5, 0.6) is 0 Å². The standard InChI is InChI=1S/C11H11BrFNO2/c1-2-10(16)14-6-9(15)7-4-3-5-8(13)11(7)12/h2-5,9,15H,1,6H2,(H,14,16). The van der Waals surface area contributed by atoms with Gasteiger partial charge in [0.25, 0.3) is 0 Å². The van der Waals surface area contributed by atoms with Gasteiger partial charge in [0.1, 0.15) is 5.82 Å². The van der Waals surface area contributed by atoms with Crippen LogP contribution in [0.1, 0.15) is 11.7 Å². The maximum atomic E-state index is 13.1. The third-order valence-electron chi connectivity index (χ3n) is 2.00. The van der Waals surface area contributed by atoms with Crippen LogP contribution in [0.4, 0.5) is 4.39 Å². The molecule has 0 aliphatic carbocycles. The summed E-state index contributed by atoms with van der Waals surface area (Å²) >= 11 is 3.04. The first-order chi connectivity index (χ1) is 7.56. The molecule has 1 aromatic carbocycles. The molecule has 0 aliphatic heterocycles. The summed E-state index contributed by atoms with van der Waals surface area (Å²) in [5.41, 5.74) is 0.393. The fourth-order valence-corrected chi connectivity index (χ4v) is 1.69. The van der Waals surface area contributed by atoms with Crippen LogP contribution >= 0.6 is 15.9 Å². The van der Waals surface area contributed by atoms with Crippen molar-refractivity contribution in [2.24, 2.45) is 0 Å². The van der Waals surface area contributed by atoms with E-state index in [1.807, 2.05) is 0 Å². The Labute approximate surface area is 101 Å². The highest BCUT2D eigenvalue weighted by Crippen LogP contribution is 2.25. The van der Waals surface area contributed by atoms with Crippen LogP contribution in [0.2, 0.25) is 0 Å². The Morgan fingerprint density at radius 3 is 3.00 bits per heavy atom. The van der Waals surface area contributed by atoms with Crippen molar-refractivity contribution < 1.29 is 14.3 Å². The van der Waals surface area contributed by atoms with E-state index in [4.69, 9.17) is 0 Å². The van der Waals surface area contributed by atoms with Gasteiger partial charge in [-0.05, 0) is 33.6 Å². The average Bonchev–Trinajstić information content (AvgIpc) is 2.29. The van der Waals surface area contributed by atoms with Crippen LogP contribution < -0.4 is 5.32 Å². The Balaban J connectivity index is 2.73. The minimum Gasteiger partial charge on any atom is -0.387 e. The van der Waals surface area contributed by atoms with Gasteiger partial charge in [-0.15, -0.1) is 0 Å². The fourth-order valence-electron chi connectivity index (χ4n) is 1.16. The van der Waals surface area contributed by atoms with E-state index in [0.29, 0.717) is 5.56 Å². The normalized spacial score (nSPS) is 11.9. The lowest BCUT2D eigenvalue weighted by molar-refractivity contribution is -0.116. The minimum absolute atomic E-state index is 0.00685. The summed E-state index contributed by atoms with van der Waals surface area (Å²) in [6.45, 7) is 3.29. The summed E-state index contributed by atoms with van der Waals surface area (Å²) in [4.78, 5) is 10.9. The van der Waals surface area contributed by atoms with Crippen molar-refractivity contribution in [3.63, 3.8) is 0 Å². The zero-order valence-corrected chi connectivity index (χ0v) is 10.00. The Morgan fingerprint density at radius 2 is 2.38 bits per heavy atom. The Kier molecular flexibility index (Phi) is 4.64. The van der Waals surface area contributed by atoms with Gasteiger partial charge in [-0.1, -0.05) is 18.7 Å². The van der Waals surface area contributed by atoms with Crippen molar-refractivity contribution >= 4 is 21.8 Å². The molecule has 0 bridgehead atoms. The van der Waals surface area contributed by atoms with Gasteiger partial charge < -0.3 is 10.4 Å². The molecule has 1 rings (SSSR count). The number of carbonyl (C=O) groups excluding carboxylic acids is 1. The molecular weight excluding hydrogens is 277 g/mol. The first-order valence-electron chi connectivity index (χ1n) is 4.58. The van der Waals surface area contributed by atoms with E-state index < -0.39 is 11.9 Å². The lowest BCUT2D eigenvalue weighted by atomic mass is 10.1. The molecule has 0 radical (unpaired) electrons. The van der Waals surface area contributed by atoms with E-state index in [2.05, 4.69) is 27.8 Å². The second-order valence-electron chi connectivity index (χ2n) is 3.11. The van der Waals surface area contributed by atoms with E-state index in [-0.39, 0.29) is 16.9 Å². The largest absolute Gasteiger partial charge is 0.387 e. The molecule has 0 aliphatic rings. The molecule has 0 fully saturated rings. The zero-order valence-electron chi connectivity index (χ0n) is 8.41. The molecule has 5 heteroatoms. The summed E-state index contributed by atoms with van der Waals surface area (Å²) in [7, 11) is 0. The van der Waals surface area contributed by atoms with Gasteiger partial charge in [0.2, 0.25) is 5.91 Å². The number of rotatable bonds is 4. The molecule has 0 spiro atoms. The van der Waals surface area contributed by atoms with Crippen molar-refractivity contribution in [2.75, 3.05) is 6.54 Å². The number of benzene rings is 1. The number of hydrogen-bond acceptors (Lipinski definition) is 2. The van der Waals surface area contributed by atoms with Gasteiger partial charge in [-0.3, -0.25) is 4.79 Å². The SMILES string of the molecule is C=CC(=O)NCC(O)c1cccc(F)c1Br. The molecule has 0 aromatic heterocycles. The summed E-state index contributed by atoms with van der Waals surface area (Å²) in [6, 6.07) is 4.36. The van der Waals surface area contributed by atoms with Crippen LogP contribution in [-0.2, 0) is 4.79 Å². The maximum absolute atomic E-state index is 13.1. The maximum Gasteiger partial charge on any atom is 0.243 e. The number of aliphatic hydroxyl groups is 1.